The third kappa shape index (κ3) is 3.13. The van der Waals surface area contributed by atoms with Crippen molar-refractivity contribution < 1.29 is 18.7 Å². The first kappa shape index (κ1) is 15.8. The minimum atomic E-state index is -0.534. The lowest BCUT2D eigenvalue weighted by molar-refractivity contribution is 0.0998. The highest BCUT2D eigenvalue weighted by Crippen LogP contribution is 2.30. The van der Waals surface area contributed by atoms with Crippen molar-refractivity contribution >= 4 is 11.9 Å². The zero-order valence-corrected chi connectivity index (χ0v) is 13.0. The van der Waals surface area contributed by atoms with Crippen LogP contribution >= 0.6 is 0 Å². The fraction of sp³-hybridized carbons (Fsp3) is 0.158. The van der Waals surface area contributed by atoms with Gasteiger partial charge in [0.2, 0.25) is 0 Å². The van der Waals surface area contributed by atoms with Crippen LogP contribution in [0, 0.1) is 17.1 Å². The van der Waals surface area contributed by atoms with Gasteiger partial charge in [0.1, 0.15) is 18.4 Å². The van der Waals surface area contributed by atoms with E-state index >= 15 is 0 Å². The highest BCUT2D eigenvalue weighted by atomic mass is 19.1. The molecule has 2 aromatic carbocycles. The molecule has 4 nitrogen and oxygen atoms in total. The Hall–Kier alpha value is -3.13. The van der Waals surface area contributed by atoms with E-state index < -0.39 is 11.9 Å². The predicted octanol–water partition coefficient (Wildman–Crippen LogP) is 3.78. The second kappa shape index (κ2) is 6.55. The molecule has 1 unspecified atom stereocenters. The van der Waals surface area contributed by atoms with Crippen LogP contribution in [0.3, 0.4) is 0 Å². The third-order valence-electron chi connectivity index (χ3n) is 3.59. The summed E-state index contributed by atoms with van der Waals surface area (Å²) in [6.07, 6.45) is 1.17. The molecule has 2 aromatic rings. The molecule has 0 N–H and O–H groups in total. The predicted molar refractivity (Wildman–Crippen MR) is 86.3 cm³/mol. The van der Waals surface area contributed by atoms with Gasteiger partial charge in [-0.3, -0.25) is 4.79 Å². The van der Waals surface area contributed by atoms with Gasteiger partial charge in [-0.1, -0.05) is 18.2 Å². The number of ether oxygens (including phenoxy) is 2. The molecule has 3 rings (SSSR count). The topological polar surface area (TPSA) is 59.3 Å². The molecule has 0 bridgehead atoms. The molecule has 0 amide bonds. The minimum absolute atomic E-state index is 0.00823. The van der Waals surface area contributed by atoms with E-state index in [4.69, 9.17) is 14.7 Å². The molecule has 0 spiro atoms. The van der Waals surface area contributed by atoms with Crippen molar-refractivity contribution in [3.05, 3.63) is 65.0 Å². The van der Waals surface area contributed by atoms with Gasteiger partial charge in [-0.05, 0) is 42.8 Å². The van der Waals surface area contributed by atoms with Crippen LogP contribution in [0.15, 0.2) is 48.0 Å². The molecule has 0 saturated heterocycles. The zero-order valence-electron chi connectivity index (χ0n) is 13.0. The van der Waals surface area contributed by atoms with Gasteiger partial charge in [-0.15, -0.1) is 0 Å². The van der Waals surface area contributed by atoms with Crippen LogP contribution < -0.4 is 9.47 Å². The second-order valence-electron chi connectivity index (χ2n) is 5.36. The Morgan fingerprint density at radius 1 is 1.29 bits per heavy atom. The van der Waals surface area contributed by atoms with Gasteiger partial charge >= 0.3 is 0 Å². The van der Waals surface area contributed by atoms with E-state index in [0.717, 1.165) is 5.56 Å². The fourth-order valence-electron chi connectivity index (χ4n) is 2.40. The number of hydrogen-bond acceptors (Lipinski definition) is 4. The lowest BCUT2D eigenvalue weighted by Crippen LogP contribution is -2.19. The SMILES string of the molecule is CC(C#N)Oc1ccc(/C=C2/COc3c(F)cccc3C2=O)cc1. The maximum absolute atomic E-state index is 13.6. The number of rotatable bonds is 3. The molecule has 0 aliphatic carbocycles. The van der Waals surface area contributed by atoms with Crippen molar-refractivity contribution in [3.63, 3.8) is 0 Å². The largest absolute Gasteiger partial charge is 0.485 e. The van der Waals surface area contributed by atoms with E-state index in [2.05, 4.69) is 0 Å². The number of nitriles is 1. The first-order valence-electron chi connectivity index (χ1n) is 7.41. The number of fused-ring (bicyclic) bond motifs is 1. The summed E-state index contributed by atoms with van der Waals surface area (Å²) in [5.74, 6) is -0.194. The normalized spacial score (nSPS) is 16.0. The number of benzene rings is 2. The van der Waals surface area contributed by atoms with Crippen molar-refractivity contribution in [1.82, 2.24) is 0 Å². The highest BCUT2D eigenvalue weighted by Gasteiger charge is 2.25. The third-order valence-corrected chi connectivity index (χ3v) is 3.59. The van der Waals surface area contributed by atoms with E-state index in [1.807, 2.05) is 6.07 Å². The van der Waals surface area contributed by atoms with Crippen LogP contribution in [0.1, 0.15) is 22.8 Å². The molecule has 0 aromatic heterocycles. The van der Waals surface area contributed by atoms with Crippen LogP contribution in [0.2, 0.25) is 0 Å². The number of para-hydroxylation sites is 1. The molecule has 1 atom stereocenters. The molecule has 24 heavy (non-hydrogen) atoms. The molecule has 5 heteroatoms. The van der Waals surface area contributed by atoms with E-state index in [1.54, 1.807) is 43.3 Å². The molecular formula is C19H14FNO3. The number of nitrogens with zero attached hydrogens (tertiary/aromatic N) is 1. The van der Waals surface area contributed by atoms with E-state index in [0.29, 0.717) is 11.3 Å². The van der Waals surface area contributed by atoms with Crippen LogP contribution in [0.5, 0.6) is 11.5 Å². The summed E-state index contributed by atoms with van der Waals surface area (Å²) < 4.78 is 24.4. The summed E-state index contributed by atoms with van der Waals surface area (Å²) >= 11 is 0. The van der Waals surface area contributed by atoms with Crippen LogP contribution in [-0.4, -0.2) is 18.5 Å². The maximum Gasteiger partial charge on any atom is 0.196 e. The van der Waals surface area contributed by atoms with Gasteiger partial charge in [-0.25, -0.2) is 4.39 Å². The van der Waals surface area contributed by atoms with Gasteiger partial charge < -0.3 is 9.47 Å². The Kier molecular flexibility index (Phi) is 4.30. The van der Waals surface area contributed by atoms with E-state index in [9.17, 15) is 9.18 Å². The summed E-state index contributed by atoms with van der Waals surface area (Å²) in [5.41, 5.74) is 1.47. The maximum atomic E-state index is 13.6. The second-order valence-corrected chi connectivity index (χ2v) is 5.36. The quantitative estimate of drug-likeness (QED) is 0.807. The minimum Gasteiger partial charge on any atom is -0.485 e. The standard InChI is InChI=1S/C19H14FNO3/c1-12(10-21)24-15-7-5-13(6-8-15)9-14-11-23-19-16(18(14)22)3-2-4-17(19)20/h2-9,12H,11H2,1H3/b14-9-. The summed E-state index contributed by atoms with van der Waals surface area (Å²) in [6.45, 7) is 1.68. The number of ketones is 1. The monoisotopic (exact) mass is 323 g/mol. The number of carbonyl (C=O) groups is 1. The van der Waals surface area contributed by atoms with Gasteiger partial charge in [0, 0.05) is 5.57 Å². The van der Waals surface area contributed by atoms with Crippen molar-refractivity contribution in [2.75, 3.05) is 6.61 Å². The fourth-order valence-corrected chi connectivity index (χ4v) is 2.40. The van der Waals surface area contributed by atoms with Crippen molar-refractivity contribution in [1.29, 1.82) is 5.26 Å². The first-order chi connectivity index (χ1) is 11.6. The molecule has 1 aliphatic rings. The average molecular weight is 323 g/mol. The van der Waals surface area contributed by atoms with E-state index in [1.165, 1.54) is 12.1 Å². The zero-order chi connectivity index (χ0) is 17.1. The molecule has 0 radical (unpaired) electrons. The van der Waals surface area contributed by atoms with Crippen LogP contribution in [-0.2, 0) is 0 Å². The van der Waals surface area contributed by atoms with Gasteiger partial charge in [0.25, 0.3) is 0 Å². The number of Topliss-reactive ketones (excluding diaryl/α,β-unsaturated/α-hetero) is 1. The number of hydrogen-bond donors (Lipinski definition) is 0. The number of carbonyl (C=O) groups excluding carboxylic acids is 1. The molecule has 0 saturated carbocycles. The molecule has 120 valence electrons. The van der Waals surface area contributed by atoms with Crippen molar-refractivity contribution in [2.45, 2.75) is 13.0 Å². The van der Waals surface area contributed by atoms with Crippen LogP contribution in [0.4, 0.5) is 4.39 Å². The van der Waals surface area contributed by atoms with Gasteiger partial charge in [-0.2, -0.15) is 5.26 Å². The Bertz CT molecular complexity index is 850. The summed E-state index contributed by atoms with van der Waals surface area (Å²) in [7, 11) is 0. The van der Waals surface area contributed by atoms with Crippen molar-refractivity contribution in [2.24, 2.45) is 0 Å². The Morgan fingerprint density at radius 3 is 2.75 bits per heavy atom. The molecular weight excluding hydrogens is 309 g/mol. The summed E-state index contributed by atoms with van der Waals surface area (Å²) in [4.78, 5) is 12.4. The van der Waals surface area contributed by atoms with Crippen molar-refractivity contribution in [3.8, 4) is 17.6 Å². The Labute approximate surface area is 138 Å². The average Bonchev–Trinajstić information content (AvgIpc) is 2.59. The highest BCUT2D eigenvalue weighted by molar-refractivity contribution is 6.14. The van der Waals surface area contributed by atoms with E-state index in [-0.39, 0.29) is 23.7 Å². The molecule has 0 fully saturated rings. The number of halogens is 1. The smallest absolute Gasteiger partial charge is 0.196 e. The first-order valence-corrected chi connectivity index (χ1v) is 7.41. The lowest BCUT2D eigenvalue weighted by atomic mass is 9.98. The van der Waals surface area contributed by atoms with Crippen LogP contribution in [0.25, 0.3) is 6.08 Å². The van der Waals surface area contributed by atoms with Gasteiger partial charge in [0.15, 0.2) is 23.5 Å². The molecule has 1 heterocycles. The summed E-state index contributed by atoms with van der Waals surface area (Å²) in [6, 6.07) is 13.3. The molecule has 1 aliphatic heterocycles. The lowest BCUT2D eigenvalue weighted by Gasteiger charge is -2.19. The Morgan fingerprint density at radius 2 is 2.04 bits per heavy atom. The Balaban J connectivity index is 1.82. The van der Waals surface area contributed by atoms with Gasteiger partial charge in [0.05, 0.1) is 5.56 Å². The summed E-state index contributed by atoms with van der Waals surface area (Å²) in [5, 5.41) is 8.73.